The number of imidazole rings is 1. The van der Waals surface area contributed by atoms with E-state index in [1.807, 2.05) is 17.5 Å². The largest absolute Gasteiger partial charge is 0.355 e. The molecule has 0 aliphatic carbocycles. The molecule has 146 valence electrons. The Morgan fingerprint density at radius 3 is 2.82 bits per heavy atom. The van der Waals surface area contributed by atoms with Gasteiger partial charge in [-0.15, -0.1) is 0 Å². The molecule has 1 aliphatic rings. The van der Waals surface area contributed by atoms with Crippen LogP contribution in [-0.4, -0.2) is 38.2 Å². The number of carbonyl (C=O) groups excluding carboxylic acids is 1. The zero-order valence-electron chi connectivity index (χ0n) is 16.1. The SMILES string of the molecule is Cc1cnc2cc(NC(=O)Cn3nc(N4CCC(C)CC4)ccc3=O)ccn12. The predicted octanol–water partition coefficient (Wildman–Crippen LogP) is 2.07. The second-order valence-corrected chi connectivity index (χ2v) is 7.45. The van der Waals surface area contributed by atoms with Crippen LogP contribution in [0.5, 0.6) is 0 Å². The maximum absolute atomic E-state index is 12.5. The number of anilines is 2. The Morgan fingerprint density at radius 1 is 1.25 bits per heavy atom. The first-order valence-corrected chi connectivity index (χ1v) is 9.56. The van der Waals surface area contributed by atoms with Crippen LogP contribution in [0, 0.1) is 12.8 Å². The van der Waals surface area contributed by atoms with Gasteiger partial charge in [0.2, 0.25) is 5.91 Å². The fourth-order valence-corrected chi connectivity index (χ4v) is 3.48. The van der Waals surface area contributed by atoms with Gasteiger partial charge in [-0.2, -0.15) is 5.10 Å². The molecule has 4 heterocycles. The van der Waals surface area contributed by atoms with Crippen LogP contribution in [0.25, 0.3) is 5.65 Å². The number of nitrogens with zero attached hydrogens (tertiary/aromatic N) is 5. The zero-order valence-corrected chi connectivity index (χ0v) is 16.1. The van der Waals surface area contributed by atoms with Gasteiger partial charge in [0.25, 0.3) is 5.56 Å². The molecular weight excluding hydrogens is 356 g/mol. The lowest BCUT2D eigenvalue weighted by Gasteiger charge is -2.31. The number of hydrogen-bond acceptors (Lipinski definition) is 5. The molecule has 28 heavy (non-hydrogen) atoms. The van der Waals surface area contributed by atoms with Gasteiger partial charge in [-0.05, 0) is 37.8 Å². The van der Waals surface area contributed by atoms with Crippen molar-refractivity contribution in [1.82, 2.24) is 19.2 Å². The van der Waals surface area contributed by atoms with Gasteiger partial charge in [-0.3, -0.25) is 9.59 Å². The molecule has 0 saturated carbocycles. The first kappa shape index (κ1) is 18.2. The second kappa shape index (κ2) is 7.46. The van der Waals surface area contributed by atoms with Crippen molar-refractivity contribution in [3.05, 3.63) is 52.7 Å². The maximum Gasteiger partial charge on any atom is 0.267 e. The molecule has 8 nitrogen and oxygen atoms in total. The van der Waals surface area contributed by atoms with Crippen LogP contribution in [0.4, 0.5) is 11.5 Å². The molecule has 1 saturated heterocycles. The minimum atomic E-state index is -0.299. The van der Waals surface area contributed by atoms with Crippen LogP contribution in [0.2, 0.25) is 0 Å². The van der Waals surface area contributed by atoms with E-state index >= 15 is 0 Å². The topological polar surface area (TPSA) is 84.5 Å². The lowest BCUT2D eigenvalue weighted by molar-refractivity contribution is -0.117. The zero-order chi connectivity index (χ0) is 19.7. The third-order valence-corrected chi connectivity index (χ3v) is 5.24. The smallest absolute Gasteiger partial charge is 0.267 e. The highest BCUT2D eigenvalue weighted by atomic mass is 16.2. The van der Waals surface area contributed by atoms with E-state index in [1.54, 1.807) is 24.4 Å². The molecule has 0 unspecified atom stereocenters. The summed E-state index contributed by atoms with van der Waals surface area (Å²) >= 11 is 0. The normalized spacial score (nSPS) is 15.1. The summed E-state index contributed by atoms with van der Waals surface area (Å²) in [6, 6.07) is 6.82. The minimum Gasteiger partial charge on any atom is -0.355 e. The number of fused-ring (bicyclic) bond motifs is 1. The molecule has 1 amide bonds. The molecule has 0 aromatic carbocycles. The van der Waals surface area contributed by atoms with Gasteiger partial charge in [0.1, 0.15) is 18.0 Å². The molecule has 0 atom stereocenters. The van der Waals surface area contributed by atoms with Gasteiger partial charge < -0.3 is 14.6 Å². The standard InChI is InChI=1S/C20H24N6O2/c1-14-5-8-24(9-6-14)17-3-4-20(28)26(23-17)13-19(27)22-16-7-10-25-15(2)12-21-18(25)11-16/h3-4,7,10-12,14H,5-6,8-9,13H2,1-2H3,(H,22,27). The fourth-order valence-electron chi connectivity index (χ4n) is 3.48. The van der Waals surface area contributed by atoms with Crippen molar-refractivity contribution < 1.29 is 4.79 Å². The van der Waals surface area contributed by atoms with Crippen LogP contribution in [0.3, 0.4) is 0 Å². The van der Waals surface area contributed by atoms with Crippen molar-refractivity contribution in [1.29, 1.82) is 0 Å². The molecule has 1 N–H and O–H groups in total. The lowest BCUT2D eigenvalue weighted by Crippen LogP contribution is -2.36. The number of carbonyl (C=O) groups is 1. The molecule has 8 heteroatoms. The van der Waals surface area contributed by atoms with E-state index in [2.05, 4.69) is 27.2 Å². The predicted molar refractivity (Wildman–Crippen MR) is 108 cm³/mol. The number of pyridine rings is 1. The van der Waals surface area contributed by atoms with E-state index in [-0.39, 0.29) is 18.0 Å². The van der Waals surface area contributed by atoms with Crippen LogP contribution in [-0.2, 0) is 11.3 Å². The van der Waals surface area contributed by atoms with Crippen molar-refractivity contribution >= 4 is 23.1 Å². The van der Waals surface area contributed by atoms with Crippen LogP contribution in [0.1, 0.15) is 25.5 Å². The summed E-state index contributed by atoms with van der Waals surface area (Å²) in [7, 11) is 0. The molecular formula is C20H24N6O2. The number of hydrogen-bond donors (Lipinski definition) is 1. The van der Waals surface area contributed by atoms with Gasteiger partial charge in [-0.1, -0.05) is 6.92 Å². The van der Waals surface area contributed by atoms with E-state index < -0.39 is 0 Å². The summed E-state index contributed by atoms with van der Waals surface area (Å²) in [5, 5.41) is 7.23. The molecule has 3 aromatic rings. The maximum atomic E-state index is 12.5. The Morgan fingerprint density at radius 2 is 2.04 bits per heavy atom. The van der Waals surface area contributed by atoms with E-state index in [0.717, 1.165) is 43.1 Å². The average Bonchev–Trinajstić information content (AvgIpc) is 3.04. The molecule has 1 aliphatic heterocycles. The average molecular weight is 380 g/mol. The number of rotatable bonds is 4. The van der Waals surface area contributed by atoms with Gasteiger partial charge >= 0.3 is 0 Å². The van der Waals surface area contributed by atoms with Crippen LogP contribution < -0.4 is 15.8 Å². The van der Waals surface area contributed by atoms with Gasteiger partial charge in [0.05, 0.1) is 0 Å². The Labute approximate surface area is 162 Å². The number of aromatic nitrogens is 4. The lowest BCUT2D eigenvalue weighted by atomic mass is 9.99. The van der Waals surface area contributed by atoms with Crippen LogP contribution >= 0.6 is 0 Å². The van der Waals surface area contributed by atoms with Gasteiger partial charge in [-0.25, -0.2) is 9.67 Å². The Balaban J connectivity index is 1.47. The summed E-state index contributed by atoms with van der Waals surface area (Å²) in [5.74, 6) is 1.16. The summed E-state index contributed by atoms with van der Waals surface area (Å²) in [5.41, 5.74) is 2.13. The van der Waals surface area contributed by atoms with E-state index in [9.17, 15) is 9.59 Å². The monoisotopic (exact) mass is 380 g/mol. The van der Waals surface area contributed by atoms with Crippen molar-refractivity contribution in [2.75, 3.05) is 23.3 Å². The minimum absolute atomic E-state index is 0.129. The number of piperidine rings is 1. The van der Waals surface area contributed by atoms with E-state index in [0.29, 0.717) is 11.6 Å². The number of amides is 1. The molecule has 0 radical (unpaired) electrons. The van der Waals surface area contributed by atoms with Gasteiger partial charge in [0, 0.05) is 49.0 Å². The summed E-state index contributed by atoms with van der Waals surface area (Å²) in [6.45, 7) is 5.92. The fraction of sp³-hybridized carbons (Fsp3) is 0.400. The number of aryl methyl sites for hydroxylation is 1. The third kappa shape index (κ3) is 3.76. The highest BCUT2D eigenvalue weighted by molar-refractivity contribution is 5.90. The van der Waals surface area contributed by atoms with Gasteiger partial charge in [0.15, 0.2) is 0 Å². The molecule has 4 rings (SSSR count). The Hall–Kier alpha value is -3.16. The van der Waals surface area contributed by atoms with Crippen molar-refractivity contribution in [3.63, 3.8) is 0 Å². The quantitative estimate of drug-likeness (QED) is 0.749. The second-order valence-electron chi connectivity index (χ2n) is 7.45. The highest BCUT2D eigenvalue weighted by Crippen LogP contribution is 2.20. The first-order valence-electron chi connectivity index (χ1n) is 9.56. The molecule has 3 aromatic heterocycles. The summed E-state index contributed by atoms with van der Waals surface area (Å²) < 4.78 is 3.16. The third-order valence-electron chi connectivity index (χ3n) is 5.24. The Kier molecular flexibility index (Phi) is 4.85. The van der Waals surface area contributed by atoms with Crippen molar-refractivity contribution in [3.8, 4) is 0 Å². The Bertz CT molecular complexity index is 1060. The van der Waals surface area contributed by atoms with E-state index in [4.69, 9.17) is 0 Å². The number of nitrogens with one attached hydrogen (secondary N) is 1. The van der Waals surface area contributed by atoms with Crippen molar-refractivity contribution in [2.24, 2.45) is 5.92 Å². The highest BCUT2D eigenvalue weighted by Gasteiger charge is 2.18. The van der Waals surface area contributed by atoms with Crippen molar-refractivity contribution in [2.45, 2.75) is 33.2 Å². The summed E-state index contributed by atoms with van der Waals surface area (Å²) in [4.78, 5) is 31.1. The molecule has 0 bridgehead atoms. The summed E-state index contributed by atoms with van der Waals surface area (Å²) in [6.07, 6.45) is 5.85. The van der Waals surface area contributed by atoms with Crippen LogP contribution in [0.15, 0.2) is 41.5 Å². The van der Waals surface area contributed by atoms with E-state index in [1.165, 1.54) is 10.7 Å². The molecule has 0 spiro atoms. The first-order chi connectivity index (χ1) is 13.5. The molecule has 1 fully saturated rings.